The van der Waals surface area contributed by atoms with Crippen molar-refractivity contribution in [1.82, 2.24) is 5.32 Å². The number of thioether (sulfide) groups is 1. The van der Waals surface area contributed by atoms with Crippen molar-refractivity contribution >= 4 is 35.1 Å². The topological polar surface area (TPSA) is 70.2 Å². The zero-order valence-corrected chi connectivity index (χ0v) is 13.9. The maximum atomic E-state index is 12.0. The van der Waals surface area contributed by atoms with Crippen LogP contribution >= 0.6 is 11.8 Å². The summed E-state index contributed by atoms with van der Waals surface area (Å²) >= 11 is 1.58. The maximum absolute atomic E-state index is 12.0. The third kappa shape index (κ3) is 5.34. The highest BCUT2D eigenvalue weighted by atomic mass is 32.2. The molecule has 6 heteroatoms. The van der Waals surface area contributed by atoms with Gasteiger partial charge in [0.05, 0.1) is 5.69 Å². The van der Waals surface area contributed by atoms with Gasteiger partial charge in [-0.15, -0.1) is 11.8 Å². The second-order valence-electron chi connectivity index (χ2n) is 4.89. The van der Waals surface area contributed by atoms with Crippen LogP contribution in [0.5, 0.6) is 0 Å². The molecule has 2 aromatic carbocycles. The molecule has 0 fully saturated rings. The number of anilines is 2. The van der Waals surface area contributed by atoms with Crippen LogP contribution < -0.4 is 16.0 Å². The monoisotopic (exact) mass is 329 g/mol. The summed E-state index contributed by atoms with van der Waals surface area (Å²) < 4.78 is 0. The Morgan fingerprint density at radius 1 is 1.04 bits per heavy atom. The molecule has 23 heavy (non-hydrogen) atoms. The molecule has 0 saturated carbocycles. The predicted molar refractivity (Wildman–Crippen MR) is 94.8 cm³/mol. The zero-order chi connectivity index (χ0) is 16.7. The van der Waals surface area contributed by atoms with Gasteiger partial charge in [0.2, 0.25) is 5.91 Å². The van der Waals surface area contributed by atoms with Crippen molar-refractivity contribution in [3.63, 3.8) is 0 Å². The van der Waals surface area contributed by atoms with Crippen molar-refractivity contribution in [3.8, 4) is 0 Å². The molecular formula is C17H19N3O2S. The molecule has 0 bridgehead atoms. The summed E-state index contributed by atoms with van der Waals surface area (Å²) in [4.78, 5) is 24.1. The summed E-state index contributed by atoms with van der Waals surface area (Å²) in [6.45, 7) is 1.84. The third-order valence-electron chi connectivity index (χ3n) is 3.06. The maximum Gasteiger partial charge on any atom is 0.319 e. The van der Waals surface area contributed by atoms with Crippen LogP contribution in [0.4, 0.5) is 16.2 Å². The number of urea groups is 1. The fraction of sp³-hybridized carbons (Fsp3) is 0.176. The van der Waals surface area contributed by atoms with Gasteiger partial charge in [-0.1, -0.05) is 24.3 Å². The Balaban J connectivity index is 1.93. The molecule has 0 unspecified atom stereocenters. The van der Waals surface area contributed by atoms with Crippen molar-refractivity contribution in [2.45, 2.75) is 18.4 Å². The number of amides is 3. The van der Waals surface area contributed by atoms with Gasteiger partial charge in [-0.3, -0.25) is 4.79 Å². The molecule has 0 heterocycles. The first-order chi connectivity index (χ1) is 11.1. The van der Waals surface area contributed by atoms with E-state index in [-0.39, 0.29) is 11.9 Å². The van der Waals surface area contributed by atoms with Crippen LogP contribution in [-0.4, -0.2) is 18.2 Å². The van der Waals surface area contributed by atoms with Gasteiger partial charge in [-0.25, -0.2) is 4.79 Å². The van der Waals surface area contributed by atoms with Crippen molar-refractivity contribution < 1.29 is 9.59 Å². The zero-order valence-electron chi connectivity index (χ0n) is 13.1. The van der Waals surface area contributed by atoms with Gasteiger partial charge in [0.1, 0.15) is 0 Å². The molecule has 120 valence electrons. The predicted octanol–water partition coefficient (Wildman–Crippen LogP) is 3.69. The highest BCUT2D eigenvalue weighted by Gasteiger charge is 2.06. The minimum absolute atomic E-state index is 0.124. The smallest absolute Gasteiger partial charge is 0.319 e. The highest BCUT2D eigenvalue weighted by Crippen LogP contribution is 2.24. The summed E-state index contributed by atoms with van der Waals surface area (Å²) in [5.41, 5.74) is 2.40. The molecule has 2 rings (SSSR count). The molecule has 3 N–H and O–H groups in total. The molecular weight excluding hydrogens is 310 g/mol. The number of benzene rings is 2. The van der Waals surface area contributed by atoms with Crippen LogP contribution in [-0.2, 0) is 11.3 Å². The molecule has 0 aliphatic carbocycles. The lowest BCUT2D eigenvalue weighted by Crippen LogP contribution is -2.28. The van der Waals surface area contributed by atoms with Crippen LogP contribution in [0.25, 0.3) is 0 Å². The molecule has 0 aromatic heterocycles. The standard InChI is InChI=1S/C17H19N3O2S/c1-12(21)19-14-7-5-6-13(10-14)11-18-17(22)20-15-8-3-4-9-16(15)23-2/h3-10H,11H2,1-2H3,(H,19,21)(H2,18,20,22). The van der Waals surface area contributed by atoms with E-state index in [4.69, 9.17) is 0 Å². The van der Waals surface area contributed by atoms with Gasteiger partial charge in [0, 0.05) is 24.1 Å². The molecule has 3 amide bonds. The Bertz CT molecular complexity index is 704. The number of hydrogen-bond acceptors (Lipinski definition) is 3. The van der Waals surface area contributed by atoms with Crippen molar-refractivity contribution in [3.05, 3.63) is 54.1 Å². The largest absolute Gasteiger partial charge is 0.334 e. The third-order valence-corrected chi connectivity index (χ3v) is 3.85. The van der Waals surface area contributed by atoms with Crippen molar-refractivity contribution in [1.29, 1.82) is 0 Å². The van der Waals surface area contributed by atoms with E-state index >= 15 is 0 Å². The molecule has 0 aliphatic rings. The fourth-order valence-electron chi connectivity index (χ4n) is 2.06. The Morgan fingerprint density at radius 2 is 1.83 bits per heavy atom. The second kappa shape index (κ2) is 8.24. The average Bonchev–Trinajstić information content (AvgIpc) is 2.53. The number of rotatable bonds is 5. The summed E-state index contributed by atoms with van der Waals surface area (Å²) in [5.74, 6) is -0.124. The molecule has 2 aromatic rings. The van der Waals surface area contributed by atoms with Gasteiger partial charge in [0.25, 0.3) is 0 Å². The summed E-state index contributed by atoms with van der Waals surface area (Å²) in [6.07, 6.45) is 1.96. The van der Waals surface area contributed by atoms with E-state index in [1.54, 1.807) is 17.8 Å². The van der Waals surface area contributed by atoms with E-state index in [0.717, 1.165) is 16.1 Å². The van der Waals surface area contributed by atoms with E-state index in [1.807, 2.05) is 48.7 Å². The van der Waals surface area contributed by atoms with Crippen LogP contribution in [0.1, 0.15) is 12.5 Å². The Kier molecular flexibility index (Phi) is 6.05. The lowest BCUT2D eigenvalue weighted by Gasteiger charge is -2.11. The quantitative estimate of drug-likeness (QED) is 0.733. The summed E-state index contributed by atoms with van der Waals surface area (Å²) in [7, 11) is 0. The number of carbonyl (C=O) groups is 2. The summed E-state index contributed by atoms with van der Waals surface area (Å²) in [5, 5.41) is 8.36. The fourth-order valence-corrected chi connectivity index (χ4v) is 2.61. The number of nitrogens with one attached hydrogen (secondary N) is 3. The van der Waals surface area contributed by atoms with Crippen LogP contribution in [0.3, 0.4) is 0 Å². The van der Waals surface area contributed by atoms with Gasteiger partial charge < -0.3 is 16.0 Å². The molecule has 0 aliphatic heterocycles. The van der Waals surface area contributed by atoms with Crippen molar-refractivity contribution in [2.75, 3.05) is 16.9 Å². The van der Waals surface area contributed by atoms with Crippen LogP contribution in [0.15, 0.2) is 53.4 Å². The Hall–Kier alpha value is -2.47. The minimum atomic E-state index is -0.267. The van der Waals surface area contributed by atoms with Gasteiger partial charge >= 0.3 is 6.03 Å². The minimum Gasteiger partial charge on any atom is -0.334 e. The SMILES string of the molecule is CSc1ccccc1NC(=O)NCc1cccc(NC(C)=O)c1. The number of carbonyl (C=O) groups excluding carboxylic acids is 2. The lowest BCUT2D eigenvalue weighted by atomic mass is 10.2. The first-order valence-corrected chi connectivity index (χ1v) is 8.35. The first kappa shape index (κ1) is 16.9. The van der Waals surface area contributed by atoms with E-state index in [0.29, 0.717) is 12.2 Å². The van der Waals surface area contributed by atoms with Gasteiger partial charge in [-0.2, -0.15) is 0 Å². The molecule has 0 atom stereocenters. The Labute approximate surface area is 139 Å². The van der Waals surface area contributed by atoms with E-state index < -0.39 is 0 Å². The average molecular weight is 329 g/mol. The summed E-state index contributed by atoms with van der Waals surface area (Å²) in [6, 6.07) is 14.7. The molecule has 5 nitrogen and oxygen atoms in total. The van der Waals surface area contributed by atoms with E-state index in [9.17, 15) is 9.59 Å². The van der Waals surface area contributed by atoms with Gasteiger partial charge in [-0.05, 0) is 36.1 Å². The molecule has 0 saturated heterocycles. The first-order valence-electron chi connectivity index (χ1n) is 7.13. The molecule has 0 spiro atoms. The lowest BCUT2D eigenvalue weighted by molar-refractivity contribution is -0.114. The second-order valence-corrected chi connectivity index (χ2v) is 5.74. The van der Waals surface area contributed by atoms with E-state index in [2.05, 4.69) is 16.0 Å². The van der Waals surface area contributed by atoms with E-state index in [1.165, 1.54) is 6.92 Å². The van der Waals surface area contributed by atoms with Crippen LogP contribution in [0, 0.1) is 0 Å². The Morgan fingerprint density at radius 3 is 2.57 bits per heavy atom. The van der Waals surface area contributed by atoms with Crippen LogP contribution in [0.2, 0.25) is 0 Å². The normalized spacial score (nSPS) is 10.0. The molecule has 0 radical (unpaired) electrons. The van der Waals surface area contributed by atoms with Gasteiger partial charge in [0.15, 0.2) is 0 Å². The number of hydrogen-bond donors (Lipinski definition) is 3. The highest BCUT2D eigenvalue weighted by molar-refractivity contribution is 7.98. The van der Waals surface area contributed by atoms with Crippen molar-refractivity contribution in [2.24, 2.45) is 0 Å². The number of para-hydroxylation sites is 1.